The number of benzene rings is 2. The van der Waals surface area contributed by atoms with Crippen molar-refractivity contribution in [2.45, 2.75) is 77.6 Å². The molecule has 0 aliphatic heterocycles. The molecule has 0 bridgehead atoms. The van der Waals surface area contributed by atoms with Crippen molar-refractivity contribution in [1.82, 2.24) is 9.97 Å². The van der Waals surface area contributed by atoms with E-state index >= 15 is 0 Å². The fourth-order valence-electron chi connectivity index (χ4n) is 5.77. The minimum absolute atomic E-state index is 0.966. The molecule has 0 saturated heterocycles. The number of unbranched alkanes of at least 4 members (excludes halogenated alkanes) is 1. The summed E-state index contributed by atoms with van der Waals surface area (Å²) in [5.41, 5.74) is 12.4. The molecule has 0 fully saturated rings. The lowest BCUT2D eigenvalue weighted by atomic mass is 9.96. The van der Waals surface area contributed by atoms with Crippen LogP contribution in [0.15, 0.2) is 97.1 Å². The molecule has 2 heteroatoms. The molecule has 2 nitrogen and oxygen atoms in total. The van der Waals surface area contributed by atoms with Gasteiger partial charge in [0.25, 0.3) is 0 Å². The number of aromatic amines is 1. The van der Waals surface area contributed by atoms with Crippen LogP contribution >= 0.6 is 0 Å². The van der Waals surface area contributed by atoms with Gasteiger partial charge in [-0.05, 0) is 92.2 Å². The second kappa shape index (κ2) is 13.4. The lowest BCUT2D eigenvalue weighted by molar-refractivity contribution is 0.720. The van der Waals surface area contributed by atoms with Crippen LogP contribution in [-0.2, 0) is 6.42 Å². The maximum Gasteiger partial charge on any atom is 0.0899 e. The molecule has 0 atom stereocenters. The molecule has 0 radical (unpaired) electrons. The number of nitrogens with one attached hydrogen (secondary N) is 1. The molecule has 39 heavy (non-hydrogen) atoms. The maximum atomic E-state index is 5.13. The quantitative estimate of drug-likeness (QED) is 0.156. The number of hydrogen-bond acceptors (Lipinski definition) is 1. The summed E-state index contributed by atoms with van der Waals surface area (Å²) in [6.07, 6.45) is 17.7. The summed E-state index contributed by atoms with van der Waals surface area (Å²) in [5.74, 6) is 0. The first-order valence-corrected chi connectivity index (χ1v) is 14.9. The molecule has 5 rings (SSSR count). The average molecular weight is 515 g/mol. The average Bonchev–Trinajstić information content (AvgIpc) is 3.22. The van der Waals surface area contributed by atoms with E-state index in [1.165, 1.54) is 54.4 Å². The highest BCUT2D eigenvalue weighted by atomic mass is 14.8. The summed E-state index contributed by atoms with van der Waals surface area (Å²) >= 11 is 0. The van der Waals surface area contributed by atoms with Crippen LogP contribution in [0, 0.1) is 0 Å². The van der Waals surface area contributed by atoms with E-state index in [0.29, 0.717) is 0 Å². The summed E-state index contributed by atoms with van der Waals surface area (Å²) < 4.78 is 0. The molecule has 2 aromatic carbocycles. The molecule has 200 valence electrons. The van der Waals surface area contributed by atoms with Crippen LogP contribution in [0.2, 0.25) is 0 Å². The monoisotopic (exact) mass is 514 g/mol. The SMILES string of the molecule is C=C(CCC/C=C(\CCC)Cc1ccccc1)c1cc(C2=CCCCCC2)c2[nH]c(-c3ccccc3)cc2n1. The zero-order valence-electron chi connectivity index (χ0n) is 23.5. The van der Waals surface area contributed by atoms with Gasteiger partial charge in [-0.3, -0.25) is 0 Å². The van der Waals surface area contributed by atoms with Crippen LogP contribution < -0.4 is 0 Å². The summed E-state index contributed by atoms with van der Waals surface area (Å²) in [7, 11) is 0. The highest BCUT2D eigenvalue weighted by molar-refractivity contribution is 5.94. The standard InChI is InChI=1S/C37H42N2/c1-3-16-29(25-30-18-8-6-9-19-30)20-15-14-17-28(2)34-26-33(31-21-10-4-5-11-22-31)37-36(38-34)27-35(39-37)32-23-12-7-13-24-32/h6-9,12-13,18-21,23-24,26-27,39H,2-5,10-11,14-17,22,25H2,1H3/b29-20+. The van der Waals surface area contributed by atoms with Gasteiger partial charge in [0.2, 0.25) is 0 Å². The first-order valence-electron chi connectivity index (χ1n) is 14.9. The van der Waals surface area contributed by atoms with Gasteiger partial charge in [-0.25, -0.2) is 4.98 Å². The first kappa shape index (κ1) is 26.9. The summed E-state index contributed by atoms with van der Waals surface area (Å²) in [4.78, 5) is 8.85. The number of rotatable bonds is 11. The van der Waals surface area contributed by atoms with E-state index in [2.05, 4.69) is 103 Å². The molecule has 0 unspecified atom stereocenters. The van der Waals surface area contributed by atoms with E-state index in [0.717, 1.165) is 66.5 Å². The Bertz CT molecular complexity index is 1440. The van der Waals surface area contributed by atoms with Crippen LogP contribution in [0.4, 0.5) is 0 Å². The van der Waals surface area contributed by atoms with E-state index in [9.17, 15) is 0 Å². The van der Waals surface area contributed by atoms with E-state index in [1.807, 2.05) is 0 Å². The third-order valence-corrected chi connectivity index (χ3v) is 7.88. The number of pyridine rings is 1. The van der Waals surface area contributed by atoms with E-state index in [1.54, 1.807) is 5.57 Å². The van der Waals surface area contributed by atoms with Gasteiger partial charge in [-0.2, -0.15) is 0 Å². The molecule has 4 aromatic rings. The van der Waals surface area contributed by atoms with Crippen molar-refractivity contribution in [2.24, 2.45) is 0 Å². The minimum atomic E-state index is 0.966. The molecule has 0 spiro atoms. The zero-order valence-corrected chi connectivity index (χ0v) is 23.5. The number of allylic oxidation sites excluding steroid dienone is 5. The lowest BCUT2D eigenvalue weighted by Gasteiger charge is -2.12. The van der Waals surface area contributed by atoms with Crippen LogP contribution in [0.1, 0.15) is 88.0 Å². The van der Waals surface area contributed by atoms with Crippen LogP contribution in [0.25, 0.3) is 33.4 Å². The number of H-pyrrole nitrogens is 1. The van der Waals surface area contributed by atoms with Gasteiger partial charge in [0.05, 0.1) is 16.7 Å². The van der Waals surface area contributed by atoms with E-state index < -0.39 is 0 Å². The summed E-state index contributed by atoms with van der Waals surface area (Å²) in [5, 5.41) is 0. The Morgan fingerprint density at radius 2 is 1.74 bits per heavy atom. The van der Waals surface area contributed by atoms with Gasteiger partial charge in [0.1, 0.15) is 0 Å². The lowest BCUT2D eigenvalue weighted by Crippen LogP contribution is -1.95. The number of nitrogens with zero attached hydrogens (tertiary/aromatic N) is 1. The molecule has 2 heterocycles. The van der Waals surface area contributed by atoms with Crippen molar-refractivity contribution >= 4 is 22.2 Å². The van der Waals surface area contributed by atoms with Crippen molar-refractivity contribution in [2.75, 3.05) is 0 Å². The van der Waals surface area contributed by atoms with E-state index in [4.69, 9.17) is 4.98 Å². The molecule has 2 aromatic heterocycles. The third-order valence-electron chi connectivity index (χ3n) is 7.88. The molecular formula is C37H42N2. The smallest absolute Gasteiger partial charge is 0.0899 e. The Morgan fingerprint density at radius 3 is 2.54 bits per heavy atom. The summed E-state index contributed by atoms with van der Waals surface area (Å²) in [6, 6.07) is 25.9. The van der Waals surface area contributed by atoms with Gasteiger partial charge in [-0.15, -0.1) is 0 Å². The number of aromatic nitrogens is 2. The minimum Gasteiger partial charge on any atom is -0.353 e. The fourth-order valence-corrected chi connectivity index (χ4v) is 5.77. The Balaban J connectivity index is 1.35. The second-order valence-corrected chi connectivity index (χ2v) is 11.0. The maximum absolute atomic E-state index is 5.13. The fraction of sp³-hybridized carbons (Fsp3) is 0.324. The van der Waals surface area contributed by atoms with Crippen LogP contribution in [0.3, 0.4) is 0 Å². The normalized spacial score (nSPS) is 14.3. The third kappa shape index (κ3) is 7.06. The molecule has 0 saturated carbocycles. The summed E-state index contributed by atoms with van der Waals surface area (Å²) in [6.45, 7) is 6.78. The van der Waals surface area contributed by atoms with Crippen molar-refractivity contribution in [1.29, 1.82) is 0 Å². The van der Waals surface area contributed by atoms with Crippen LogP contribution in [0.5, 0.6) is 0 Å². The predicted molar refractivity (Wildman–Crippen MR) is 169 cm³/mol. The Kier molecular flexibility index (Phi) is 9.27. The number of hydrogen-bond donors (Lipinski definition) is 1. The van der Waals surface area contributed by atoms with Gasteiger partial charge < -0.3 is 4.98 Å². The van der Waals surface area contributed by atoms with E-state index in [-0.39, 0.29) is 0 Å². The zero-order chi connectivity index (χ0) is 26.9. The molecule has 1 aliphatic rings. The topological polar surface area (TPSA) is 28.7 Å². The Morgan fingerprint density at radius 1 is 0.949 bits per heavy atom. The van der Waals surface area contributed by atoms with Crippen molar-refractivity contribution in [3.05, 3.63) is 114 Å². The highest BCUT2D eigenvalue weighted by Gasteiger charge is 2.16. The van der Waals surface area contributed by atoms with Crippen molar-refractivity contribution in [3.63, 3.8) is 0 Å². The van der Waals surface area contributed by atoms with Crippen molar-refractivity contribution in [3.8, 4) is 11.3 Å². The second-order valence-electron chi connectivity index (χ2n) is 11.0. The van der Waals surface area contributed by atoms with Gasteiger partial charge in [0, 0.05) is 11.3 Å². The van der Waals surface area contributed by atoms with Crippen molar-refractivity contribution < 1.29 is 0 Å². The predicted octanol–water partition coefficient (Wildman–Crippen LogP) is 10.7. The van der Waals surface area contributed by atoms with Gasteiger partial charge in [-0.1, -0.05) is 105 Å². The molecule has 0 amide bonds. The van der Waals surface area contributed by atoms with Crippen LogP contribution in [-0.4, -0.2) is 9.97 Å². The number of fused-ring (bicyclic) bond motifs is 1. The molecule has 1 aliphatic carbocycles. The Hall–Kier alpha value is -3.65. The molecular weight excluding hydrogens is 472 g/mol. The Labute approximate surface area is 234 Å². The largest absolute Gasteiger partial charge is 0.353 e. The first-order chi connectivity index (χ1) is 19.2. The van der Waals surface area contributed by atoms with Gasteiger partial charge in [0.15, 0.2) is 0 Å². The highest BCUT2D eigenvalue weighted by Crippen LogP contribution is 2.35. The molecule has 1 N–H and O–H groups in total. The van der Waals surface area contributed by atoms with Gasteiger partial charge >= 0.3 is 0 Å².